The van der Waals surface area contributed by atoms with Gasteiger partial charge in [0.15, 0.2) is 0 Å². The molecule has 1 saturated heterocycles. The second-order valence-corrected chi connectivity index (χ2v) is 4.86. The summed E-state index contributed by atoms with van der Waals surface area (Å²) in [4.78, 5) is 28.0. The molecule has 0 aromatic carbocycles. The minimum atomic E-state index is -0.954. The fourth-order valence-corrected chi connectivity index (χ4v) is 3.34. The summed E-state index contributed by atoms with van der Waals surface area (Å²) in [6.45, 7) is 1.40. The molecule has 2 heterocycles. The van der Waals surface area contributed by atoms with Crippen LogP contribution in [0.2, 0.25) is 0 Å². The summed E-state index contributed by atoms with van der Waals surface area (Å²) in [5, 5.41) is 8.85. The normalized spacial score (nSPS) is 23.7. The largest absolute Gasteiger partial charge is 0.480 e. The summed E-state index contributed by atoms with van der Waals surface area (Å²) < 4.78 is 0. The van der Waals surface area contributed by atoms with Gasteiger partial charge in [-0.2, -0.15) is 0 Å². The molecule has 2 atom stereocenters. The van der Waals surface area contributed by atoms with Gasteiger partial charge in [0, 0.05) is 25.1 Å². The summed E-state index contributed by atoms with van der Waals surface area (Å²) >= 11 is 1.46. The molecule has 0 unspecified atom stereocenters. The Bertz CT molecular complexity index is 438. The van der Waals surface area contributed by atoms with Crippen LogP contribution < -0.4 is 0 Å². The van der Waals surface area contributed by atoms with E-state index >= 15 is 0 Å². The Labute approximate surface area is 103 Å². The van der Waals surface area contributed by atoms with E-state index in [2.05, 4.69) is 4.98 Å². The highest BCUT2D eigenvalue weighted by molar-refractivity contribution is 7.99. The SMILES string of the molecule is CC(=O)N1[C@H](C(=O)O)CS[C@H]1c1ccncc1. The third-order valence-corrected chi connectivity index (χ3v) is 3.96. The second-order valence-electron chi connectivity index (χ2n) is 3.75. The third-order valence-electron chi connectivity index (χ3n) is 2.64. The highest BCUT2D eigenvalue weighted by Crippen LogP contribution is 2.41. The molecule has 1 N–H and O–H groups in total. The third kappa shape index (κ3) is 2.26. The number of hydrogen-bond acceptors (Lipinski definition) is 4. The topological polar surface area (TPSA) is 70.5 Å². The number of aliphatic carboxylic acids is 1. The predicted octanol–water partition coefficient (Wildman–Crippen LogP) is 1.13. The average Bonchev–Trinajstić information content (AvgIpc) is 2.74. The zero-order valence-corrected chi connectivity index (χ0v) is 10.1. The molecule has 1 fully saturated rings. The zero-order valence-electron chi connectivity index (χ0n) is 9.24. The van der Waals surface area contributed by atoms with Gasteiger partial charge in [0.05, 0.1) is 0 Å². The monoisotopic (exact) mass is 252 g/mol. The van der Waals surface area contributed by atoms with E-state index in [9.17, 15) is 9.59 Å². The maximum Gasteiger partial charge on any atom is 0.327 e. The standard InChI is InChI=1S/C11H12N2O3S/c1-7(14)13-9(11(15)16)6-17-10(13)8-2-4-12-5-3-8/h2-5,9-10H,6H2,1H3,(H,15,16)/t9-,10-/m0/s1. The van der Waals surface area contributed by atoms with Crippen molar-refractivity contribution in [2.24, 2.45) is 0 Å². The maximum absolute atomic E-state index is 11.6. The lowest BCUT2D eigenvalue weighted by Gasteiger charge is -2.26. The van der Waals surface area contributed by atoms with Gasteiger partial charge in [-0.05, 0) is 17.7 Å². The van der Waals surface area contributed by atoms with Gasteiger partial charge in [-0.25, -0.2) is 4.79 Å². The molecule has 6 heteroatoms. The highest BCUT2D eigenvalue weighted by Gasteiger charge is 2.40. The molecule has 17 heavy (non-hydrogen) atoms. The van der Waals surface area contributed by atoms with Crippen molar-refractivity contribution >= 4 is 23.6 Å². The summed E-state index contributed by atoms with van der Waals surface area (Å²) in [5.41, 5.74) is 0.906. The number of carboxylic acid groups (broad SMARTS) is 1. The molecule has 0 aliphatic carbocycles. The Balaban J connectivity index is 2.30. The Kier molecular flexibility index (Phi) is 3.33. The van der Waals surface area contributed by atoms with Gasteiger partial charge in [0.25, 0.3) is 0 Å². The molecule has 0 saturated carbocycles. The molecule has 1 aliphatic rings. The molecule has 90 valence electrons. The van der Waals surface area contributed by atoms with Crippen molar-refractivity contribution in [2.75, 3.05) is 5.75 Å². The number of thioether (sulfide) groups is 1. The van der Waals surface area contributed by atoms with E-state index in [1.165, 1.54) is 23.6 Å². The van der Waals surface area contributed by atoms with Crippen molar-refractivity contribution in [1.82, 2.24) is 9.88 Å². The van der Waals surface area contributed by atoms with Crippen molar-refractivity contribution in [1.29, 1.82) is 0 Å². The number of carbonyl (C=O) groups excluding carboxylic acids is 1. The molecular weight excluding hydrogens is 240 g/mol. The van der Waals surface area contributed by atoms with E-state index in [1.807, 2.05) is 0 Å². The number of nitrogens with zero attached hydrogens (tertiary/aromatic N) is 2. The summed E-state index contributed by atoms with van der Waals surface area (Å²) in [6.07, 6.45) is 3.28. The first-order valence-corrected chi connectivity index (χ1v) is 6.19. The Morgan fingerprint density at radius 3 is 2.65 bits per heavy atom. The van der Waals surface area contributed by atoms with Gasteiger partial charge in [-0.3, -0.25) is 9.78 Å². The molecule has 0 bridgehead atoms. The zero-order chi connectivity index (χ0) is 12.4. The quantitative estimate of drug-likeness (QED) is 0.854. The summed E-state index contributed by atoms with van der Waals surface area (Å²) in [5.74, 6) is -0.754. The van der Waals surface area contributed by atoms with E-state index in [0.717, 1.165) is 5.56 Å². The molecule has 0 spiro atoms. The summed E-state index contributed by atoms with van der Waals surface area (Å²) in [7, 11) is 0. The number of carbonyl (C=O) groups is 2. The fraction of sp³-hybridized carbons (Fsp3) is 0.364. The molecule has 1 aromatic heterocycles. The van der Waals surface area contributed by atoms with Crippen LogP contribution in [0.15, 0.2) is 24.5 Å². The minimum Gasteiger partial charge on any atom is -0.480 e. The Hall–Kier alpha value is -1.56. The molecule has 1 amide bonds. The number of carboxylic acids is 1. The smallest absolute Gasteiger partial charge is 0.327 e. The van der Waals surface area contributed by atoms with Crippen LogP contribution in [0.5, 0.6) is 0 Å². The number of amides is 1. The number of rotatable bonds is 2. The Morgan fingerprint density at radius 2 is 2.12 bits per heavy atom. The van der Waals surface area contributed by atoms with Crippen LogP contribution in [0.4, 0.5) is 0 Å². The van der Waals surface area contributed by atoms with E-state index in [0.29, 0.717) is 5.75 Å². The van der Waals surface area contributed by atoms with Crippen LogP contribution in [-0.2, 0) is 9.59 Å². The molecule has 2 rings (SSSR count). The van der Waals surface area contributed by atoms with Crippen molar-refractivity contribution < 1.29 is 14.7 Å². The van der Waals surface area contributed by atoms with E-state index in [4.69, 9.17) is 5.11 Å². The van der Waals surface area contributed by atoms with E-state index in [1.54, 1.807) is 24.5 Å². The van der Waals surface area contributed by atoms with Gasteiger partial charge >= 0.3 is 5.97 Å². The van der Waals surface area contributed by atoms with Gasteiger partial charge < -0.3 is 10.0 Å². The van der Waals surface area contributed by atoms with E-state index < -0.39 is 12.0 Å². The van der Waals surface area contributed by atoms with Gasteiger partial charge in [-0.1, -0.05) is 0 Å². The van der Waals surface area contributed by atoms with Crippen LogP contribution in [-0.4, -0.2) is 38.7 Å². The van der Waals surface area contributed by atoms with Crippen LogP contribution in [0.1, 0.15) is 17.9 Å². The number of pyridine rings is 1. The van der Waals surface area contributed by atoms with Crippen LogP contribution >= 0.6 is 11.8 Å². The molecule has 1 aromatic rings. The summed E-state index contributed by atoms with van der Waals surface area (Å²) in [6, 6.07) is 2.87. The van der Waals surface area contributed by atoms with Crippen LogP contribution in [0.25, 0.3) is 0 Å². The van der Waals surface area contributed by atoms with Crippen molar-refractivity contribution in [3.63, 3.8) is 0 Å². The molecule has 1 aliphatic heterocycles. The predicted molar refractivity (Wildman–Crippen MR) is 63.4 cm³/mol. The first-order valence-electron chi connectivity index (χ1n) is 5.14. The number of hydrogen-bond donors (Lipinski definition) is 1. The average molecular weight is 252 g/mol. The lowest BCUT2D eigenvalue weighted by molar-refractivity contribution is -0.148. The lowest BCUT2D eigenvalue weighted by atomic mass is 10.2. The second kappa shape index (κ2) is 4.75. The van der Waals surface area contributed by atoms with E-state index in [-0.39, 0.29) is 11.3 Å². The lowest BCUT2D eigenvalue weighted by Crippen LogP contribution is -2.41. The van der Waals surface area contributed by atoms with Crippen LogP contribution in [0, 0.1) is 0 Å². The van der Waals surface area contributed by atoms with Crippen molar-refractivity contribution in [3.8, 4) is 0 Å². The molecule has 5 nitrogen and oxygen atoms in total. The van der Waals surface area contributed by atoms with Crippen molar-refractivity contribution in [3.05, 3.63) is 30.1 Å². The maximum atomic E-state index is 11.6. The van der Waals surface area contributed by atoms with Crippen molar-refractivity contribution in [2.45, 2.75) is 18.3 Å². The molecule has 0 radical (unpaired) electrons. The van der Waals surface area contributed by atoms with Gasteiger partial charge in [-0.15, -0.1) is 11.8 Å². The Morgan fingerprint density at radius 1 is 1.47 bits per heavy atom. The molecular formula is C11H12N2O3S. The van der Waals surface area contributed by atoms with Gasteiger partial charge in [0.1, 0.15) is 11.4 Å². The first kappa shape index (κ1) is 11.9. The minimum absolute atomic E-state index is 0.218. The highest BCUT2D eigenvalue weighted by atomic mass is 32.2. The fourth-order valence-electron chi connectivity index (χ4n) is 1.87. The van der Waals surface area contributed by atoms with Crippen LogP contribution in [0.3, 0.4) is 0 Å². The number of aromatic nitrogens is 1. The van der Waals surface area contributed by atoms with Gasteiger partial charge in [0.2, 0.25) is 5.91 Å². The first-order chi connectivity index (χ1) is 8.11.